The highest BCUT2D eigenvalue weighted by molar-refractivity contribution is 7.26. The lowest BCUT2D eigenvalue weighted by Crippen LogP contribution is -2.40. The van der Waals surface area contributed by atoms with Crippen LogP contribution in [0, 0.1) is 23.7 Å². The van der Waals surface area contributed by atoms with Gasteiger partial charge in [-0.1, -0.05) is 119 Å². The molecule has 4 fully saturated rings. The summed E-state index contributed by atoms with van der Waals surface area (Å²) in [5, 5.41) is 2.69. The Bertz CT molecular complexity index is 2710. The fourth-order valence-corrected chi connectivity index (χ4v) is 14.2. The SMILES string of the molecule is CC1(C)CCC(C)(C)c2cc(-c3ccc(N(c4ccc5c(c4)C4(c6ccccc6-5)C5CC6CC(C5)C4C6)c4cccc5c4sc4ccccc45)cc3)ccc21. The van der Waals surface area contributed by atoms with E-state index in [1.807, 2.05) is 11.3 Å². The van der Waals surface area contributed by atoms with E-state index in [1.165, 1.54) is 109 Å². The minimum Gasteiger partial charge on any atom is -0.309 e. The maximum Gasteiger partial charge on any atom is 0.0640 e. The second-order valence-corrected chi connectivity index (χ2v) is 20.2. The van der Waals surface area contributed by atoms with Crippen LogP contribution in [-0.4, -0.2) is 0 Å². The Labute approximate surface area is 330 Å². The van der Waals surface area contributed by atoms with Gasteiger partial charge in [0.25, 0.3) is 0 Å². The highest BCUT2D eigenvalue weighted by atomic mass is 32.1. The van der Waals surface area contributed by atoms with Gasteiger partial charge in [0.15, 0.2) is 0 Å². The zero-order valence-electron chi connectivity index (χ0n) is 32.5. The van der Waals surface area contributed by atoms with Gasteiger partial charge in [-0.2, -0.15) is 0 Å². The molecule has 55 heavy (non-hydrogen) atoms. The summed E-state index contributed by atoms with van der Waals surface area (Å²) in [6, 6.07) is 49.7. The van der Waals surface area contributed by atoms with E-state index >= 15 is 0 Å². The van der Waals surface area contributed by atoms with Crippen molar-refractivity contribution < 1.29 is 0 Å². The number of hydrogen-bond donors (Lipinski definition) is 0. The number of nitrogens with zero attached hydrogens (tertiary/aromatic N) is 1. The average Bonchev–Trinajstić information content (AvgIpc) is 3.88. The summed E-state index contributed by atoms with van der Waals surface area (Å²) in [4.78, 5) is 2.58. The molecule has 0 amide bonds. The lowest BCUT2D eigenvalue weighted by molar-refractivity contribution is 0.191. The van der Waals surface area contributed by atoms with E-state index in [2.05, 4.69) is 160 Å². The van der Waals surface area contributed by atoms with Crippen molar-refractivity contribution in [1.82, 2.24) is 0 Å². The molecule has 6 aliphatic rings. The molecule has 7 aromatic rings. The molecule has 0 N–H and O–H groups in total. The van der Waals surface area contributed by atoms with Crippen molar-refractivity contribution in [3.8, 4) is 22.3 Å². The molecule has 1 nitrogen and oxygen atoms in total. The van der Waals surface area contributed by atoms with Crippen molar-refractivity contribution in [2.24, 2.45) is 23.7 Å². The molecule has 1 heterocycles. The van der Waals surface area contributed by atoms with Crippen molar-refractivity contribution in [1.29, 1.82) is 0 Å². The normalized spacial score (nSPS) is 26.1. The molecule has 5 unspecified atom stereocenters. The van der Waals surface area contributed by atoms with Gasteiger partial charge >= 0.3 is 0 Å². The Hall–Kier alpha value is -4.66. The predicted octanol–water partition coefficient (Wildman–Crippen LogP) is 14.9. The van der Waals surface area contributed by atoms with Crippen LogP contribution < -0.4 is 4.90 Å². The van der Waals surface area contributed by atoms with E-state index in [-0.39, 0.29) is 16.2 Å². The molecule has 1 spiro atoms. The quantitative estimate of drug-likeness (QED) is 0.174. The Balaban J connectivity index is 1.04. The molecular formula is C53H49NS. The third-order valence-corrected chi connectivity index (χ3v) is 16.7. The van der Waals surface area contributed by atoms with Gasteiger partial charge in [-0.25, -0.2) is 0 Å². The summed E-state index contributed by atoms with van der Waals surface area (Å²) >= 11 is 1.93. The third kappa shape index (κ3) is 4.41. The Morgan fingerprint density at radius 2 is 1.27 bits per heavy atom. The summed E-state index contributed by atoms with van der Waals surface area (Å²) in [7, 11) is 0. The standard InChI is InChI=1S/C53H49NS/c1-51(2)24-25-52(3,4)47-30-34(18-23-44(47)51)33-16-19-37(20-17-33)54(48-14-9-12-42-41-11-6-8-15-49(41)55-50(42)48)38-21-22-40-39-10-5-7-13-43(39)53(46(40)31-38)36-27-32-26-35(29-36)45(53)28-32/h5-23,30-32,35-36,45H,24-29H2,1-4H3. The first-order chi connectivity index (χ1) is 26.7. The van der Waals surface area contributed by atoms with Crippen LogP contribution in [0.2, 0.25) is 0 Å². The predicted molar refractivity (Wildman–Crippen MR) is 233 cm³/mol. The van der Waals surface area contributed by atoms with Gasteiger partial charge < -0.3 is 4.90 Å². The molecule has 0 saturated heterocycles. The van der Waals surface area contributed by atoms with Gasteiger partial charge in [0.2, 0.25) is 0 Å². The molecule has 0 radical (unpaired) electrons. The third-order valence-electron chi connectivity index (χ3n) is 15.5. The minimum absolute atomic E-state index is 0.146. The molecule has 5 atom stereocenters. The largest absolute Gasteiger partial charge is 0.309 e. The lowest BCUT2D eigenvalue weighted by Gasteiger charge is -2.44. The smallest absolute Gasteiger partial charge is 0.0640 e. The van der Waals surface area contributed by atoms with Gasteiger partial charge in [-0.3, -0.25) is 0 Å². The van der Waals surface area contributed by atoms with Gasteiger partial charge in [-0.05, 0) is 154 Å². The van der Waals surface area contributed by atoms with Gasteiger partial charge in [-0.15, -0.1) is 11.3 Å². The summed E-state index contributed by atoms with van der Waals surface area (Å²) < 4.78 is 2.70. The highest BCUT2D eigenvalue weighted by Gasteiger charge is 2.66. The van der Waals surface area contributed by atoms with Crippen LogP contribution in [0.3, 0.4) is 0 Å². The summed E-state index contributed by atoms with van der Waals surface area (Å²) in [6.07, 6.45) is 8.12. The van der Waals surface area contributed by atoms with E-state index < -0.39 is 0 Å². The van der Waals surface area contributed by atoms with Gasteiger partial charge in [0, 0.05) is 32.3 Å². The van der Waals surface area contributed by atoms with E-state index in [9.17, 15) is 0 Å². The van der Waals surface area contributed by atoms with Crippen molar-refractivity contribution in [2.75, 3.05) is 4.90 Å². The van der Waals surface area contributed by atoms with Crippen LogP contribution in [0.1, 0.15) is 88.5 Å². The van der Waals surface area contributed by atoms with E-state index in [0.717, 1.165) is 23.7 Å². The maximum absolute atomic E-state index is 2.65. The van der Waals surface area contributed by atoms with Crippen molar-refractivity contribution in [3.05, 3.63) is 150 Å². The average molecular weight is 732 g/mol. The van der Waals surface area contributed by atoms with Crippen molar-refractivity contribution in [3.63, 3.8) is 0 Å². The first-order valence-electron chi connectivity index (χ1n) is 20.9. The van der Waals surface area contributed by atoms with Gasteiger partial charge in [0.1, 0.15) is 0 Å². The monoisotopic (exact) mass is 731 g/mol. The Morgan fingerprint density at radius 1 is 0.545 bits per heavy atom. The molecule has 6 aromatic carbocycles. The zero-order chi connectivity index (χ0) is 36.8. The van der Waals surface area contributed by atoms with E-state index in [1.54, 1.807) is 11.1 Å². The van der Waals surface area contributed by atoms with Crippen LogP contribution in [0.4, 0.5) is 17.1 Å². The number of benzene rings is 6. The second-order valence-electron chi connectivity index (χ2n) is 19.2. The molecular weight excluding hydrogens is 683 g/mol. The number of hydrogen-bond acceptors (Lipinski definition) is 2. The first-order valence-corrected chi connectivity index (χ1v) is 21.7. The highest BCUT2D eigenvalue weighted by Crippen LogP contribution is 2.73. The fourth-order valence-electron chi connectivity index (χ4n) is 13.0. The van der Waals surface area contributed by atoms with E-state index in [0.29, 0.717) is 0 Å². The lowest BCUT2D eigenvalue weighted by atomic mass is 9.59. The molecule has 6 aliphatic carbocycles. The van der Waals surface area contributed by atoms with E-state index in [4.69, 9.17) is 0 Å². The summed E-state index contributed by atoms with van der Waals surface area (Å²) in [5.74, 6) is 3.33. The molecule has 4 saturated carbocycles. The molecule has 2 heteroatoms. The molecule has 0 aliphatic heterocycles. The first kappa shape index (κ1) is 32.6. The summed E-state index contributed by atoms with van der Waals surface area (Å²) in [6.45, 7) is 9.70. The van der Waals surface area contributed by atoms with Crippen LogP contribution in [-0.2, 0) is 16.2 Å². The van der Waals surface area contributed by atoms with Crippen LogP contribution in [0.5, 0.6) is 0 Å². The molecule has 1 aromatic heterocycles. The van der Waals surface area contributed by atoms with Crippen LogP contribution >= 0.6 is 11.3 Å². The van der Waals surface area contributed by atoms with Crippen molar-refractivity contribution in [2.45, 2.75) is 82.5 Å². The van der Waals surface area contributed by atoms with Crippen LogP contribution in [0.15, 0.2) is 127 Å². The molecule has 4 bridgehead atoms. The molecule has 272 valence electrons. The van der Waals surface area contributed by atoms with Crippen molar-refractivity contribution >= 4 is 48.6 Å². The van der Waals surface area contributed by atoms with Crippen LogP contribution in [0.25, 0.3) is 42.4 Å². The van der Waals surface area contributed by atoms with Gasteiger partial charge in [0.05, 0.1) is 10.4 Å². The maximum atomic E-state index is 2.65. The zero-order valence-corrected chi connectivity index (χ0v) is 33.3. The Kier molecular flexibility index (Phi) is 6.65. The second kappa shape index (κ2) is 11.2. The molecule has 13 rings (SSSR count). The fraction of sp³-hybridized carbons (Fsp3) is 0.321. The number of fused-ring (bicyclic) bond motifs is 7. The topological polar surface area (TPSA) is 3.24 Å². The minimum atomic E-state index is 0.146. The summed E-state index contributed by atoms with van der Waals surface area (Å²) in [5.41, 5.74) is 16.1. The Morgan fingerprint density at radius 3 is 2.13 bits per heavy atom. The number of anilines is 3. The number of rotatable bonds is 4. The number of thiophene rings is 1.